The van der Waals surface area contributed by atoms with E-state index in [1.54, 1.807) is 6.07 Å². The van der Waals surface area contributed by atoms with Gasteiger partial charge in [0.2, 0.25) is 0 Å². The zero-order valence-electron chi connectivity index (χ0n) is 14.3. The summed E-state index contributed by atoms with van der Waals surface area (Å²) in [4.78, 5) is 12.2. The van der Waals surface area contributed by atoms with Crippen LogP contribution in [-0.2, 0) is 15.5 Å². The third-order valence-electron chi connectivity index (χ3n) is 5.88. The fraction of sp³-hybridized carbons (Fsp3) is 0.611. The highest BCUT2D eigenvalue weighted by Gasteiger charge is 2.79. The van der Waals surface area contributed by atoms with Gasteiger partial charge in [-0.2, -0.15) is 0 Å². The minimum Gasteiger partial charge on any atom is -0.504 e. The largest absolute Gasteiger partial charge is 0.504 e. The number of aliphatic hydroxyl groups is 1. The molecule has 5 heteroatoms. The summed E-state index contributed by atoms with van der Waals surface area (Å²) in [5.41, 5.74) is 1.63. The van der Waals surface area contributed by atoms with Crippen LogP contribution in [-0.4, -0.2) is 40.7 Å². The molecule has 1 saturated carbocycles. The van der Waals surface area contributed by atoms with Gasteiger partial charge in [0.05, 0.1) is 0 Å². The van der Waals surface area contributed by atoms with Crippen molar-refractivity contribution in [2.45, 2.75) is 67.1 Å². The van der Waals surface area contributed by atoms with E-state index in [2.05, 4.69) is 0 Å². The van der Waals surface area contributed by atoms with E-state index < -0.39 is 30.1 Å². The van der Waals surface area contributed by atoms with Crippen LogP contribution in [0, 0.1) is 0 Å². The van der Waals surface area contributed by atoms with Crippen LogP contribution < -0.4 is 4.74 Å². The van der Waals surface area contributed by atoms with Gasteiger partial charge >= 0.3 is 14.1 Å². The van der Waals surface area contributed by atoms with Gasteiger partial charge in [-0.3, -0.25) is 4.79 Å². The standard InChI is InChI=1S/C14H13O4.2C2H6.Al/c1-7-3-4-8(15)12-11(7)14(2)10(17)6-5-9(16)13(14)18-12;2*1-2;/h3-4,13,15,17H,1-2,5-6H2;2*1-2H3;/t13-,14-;;;/m0.../s1. The van der Waals surface area contributed by atoms with Crippen LogP contribution in [0.15, 0.2) is 12.1 Å². The molecular weight excluding hydrogens is 307 g/mol. The lowest BCUT2D eigenvalue weighted by molar-refractivity contribution is -0.143. The molecule has 1 aromatic carbocycles. The number of phenolic OH excluding ortho intramolecular Hbond substituents is 1. The first kappa shape index (κ1) is 16.8. The third kappa shape index (κ3) is 1.74. The molecule has 0 amide bonds. The Morgan fingerprint density at radius 1 is 1.26 bits per heavy atom. The second-order valence-electron chi connectivity index (χ2n) is 6.41. The summed E-state index contributed by atoms with van der Waals surface area (Å²) in [6, 6.07) is 3.60. The van der Waals surface area contributed by atoms with Crippen LogP contribution >= 0.6 is 0 Å². The molecule has 124 valence electrons. The summed E-state index contributed by atoms with van der Waals surface area (Å²) in [5.74, 6) is 0.647. The van der Waals surface area contributed by atoms with Crippen molar-refractivity contribution in [2.24, 2.45) is 0 Å². The average molecular weight is 332 g/mol. The highest BCUT2D eigenvalue weighted by Crippen LogP contribution is 2.69. The number of carbonyl (C=O) groups excluding carboxylic acids is 1. The Labute approximate surface area is 141 Å². The molecule has 2 bridgehead atoms. The van der Waals surface area contributed by atoms with Crippen molar-refractivity contribution < 1.29 is 19.7 Å². The van der Waals surface area contributed by atoms with Crippen molar-refractivity contribution >= 4 is 19.9 Å². The lowest BCUT2D eigenvalue weighted by atomic mass is 9.64. The van der Waals surface area contributed by atoms with Gasteiger partial charge in [0.25, 0.3) is 0 Å². The summed E-state index contributed by atoms with van der Waals surface area (Å²) >= 11 is -1.26. The van der Waals surface area contributed by atoms with Crippen LogP contribution in [0.5, 0.6) is 11.5 Å². The summed E-state index contributed by atoms with van der Waals surface area (Å²) < 4.78 is 5.14. The first-order chi connectivity index (χ1) is 11.1. The number of aromatic hydroxyl groups is 1. The van der Waals surface area contributed by atoms with Crippen molar-refractivity contribution in [2.75, 3.05) is 0 Å². The minimum absolute atomic E-state index is 0.0839. The first-order valence-corrected chi connectivity index (χ1v) is 11.1. The van der Waals surface area contributed by atoms with Crippen molar-refractivity contribution in [3.05, 3.63) is 23.3 Å². The van der Waals surface area contributed by atoms with E-state index in [0.717, 1.165) is 16.1 Å². The number of ketones is 1. The van der Waals surface area contributed by atoms with Crippen LogP contribution in [0.1, 0.15) is 51.7 Å². The van der Waals surface area contributed by atoms with E-state index in [9.17, 15) is 15.0 Å². The molecule has 3 atom stereocenters. The van der Waals surface area contributed by atoms with Crippen LogP contribution in [0.25, 0.3) is 0 Å². The van der Waals surface area contributed by atoms with Crippen molar-refractivity contribution in [3.63, 3.8) is 0 Å². The fourth-order valence-electron chi connectivity index (χ4n) is 5.08. The molecule has 1 saturated heterocycles. The maximum atomic E-state index is 12.2. The molecule has 2 fully saturated rings. The highest BCUT2D eigenvalue weighted by atomic mass is 27.2. The number of Topliss-reactive ketones (excluding diaryl/α,β-unsaturated/α-hetero) is 1. The normalized spacial score (nSPS) is 34.0. The van der Waals surface area contributed by atoms with Gasteiger partial charge in [-0.15, -0.1) is 0 Å². The molecule has 23 heavy (non-hydrogen) atoms. The molecule has 3 heterocycles. The van der Waals surface area contributed by atoms with E-state index in [1.807, 2.05) is 33.8 Å². The Kier molecular flexibility index (Phi) is 4.03. The Hall–Kier alpha value is -1.02. The molecule has 1 unspecified atom stereocenters. The van der Waals surface area contributed by atoms with Crippen molar-refractivity contribution in [1.29, 1.82) is 0 Å². The number of hydrogen-bond acceptors (Lipinski definition) is 4. The molecule has 4 aliphatic rings. The fourth-order valence-corrected chi connectivity index (χ4v) is 9.63. The van der Waals surface area contributed by atoms with Crippen LogP contribution in [0.2, 0.25) is 5.28 Å². The zero-order valence-corrected chi connectivity index (χ0v) is 15.5. The Balaban J connectivity index is 0.000000365. The number of ether oxygens (including phenoxy) is 1. The average Bonchev–Trinajstić information content (AvgIpc) is 2.99. The summed E-state index contributed by atoms with van der Waals surface area (Å²) in [6.45, 7) is 8.00. The number of benzene rings is 1. The van der Waals surface area contributed by atoms with Gasteiger partial charge in [-0.1, -0.05) is 49.9 Å². The quantitative estimate of drug-likeness (QED) is 0.717. The molecule has 1 aliphatic carbocycles. The maximum absolute atomic E-state index is 12.2. The Morgan fingerprint density at radius 2 is 1.96 bits per heavy atom. The molecule has 1 spiro atoms. The topological polar surface area (TPSA) is 66.8 Å². The molecule has 0 aromatic heterocycles. The van der Waals surface area contributed by atoms with Crippen LogP contribution in [0.3, 0.4) is 0 Å². The third-order valence-corrected chi connectivity index (χ3v) is 10.1. The summed E-state index contributed by atoms with van der Waals surface area (Å²) in [7, 11) is 0. The van der Waals surface area contributed by atoms with Crippen molar-refractivity contribution in [1.82, 2.24) is 0 Å². The minimum atomic E-state index is -1.26. The summed E-state index contributed by atoms with van der Waals surface area (Å²) in [6.07, 6.45) is 0.450. The smallest absolute Gasteiger partial charge is 0.318 e. The second-order valence-corrected chi connectivity index (χ2v) is 9.58. The molecular formula is C18H25AlO4. The number of rotatable bonds is 0. The monoisotopic (exact) mass is 332 g/mol. The SMILES string of the molecule is CC.CC.O=C1CC[C]2(O)[Al]3[CH2]c4ccc(O)c5c4[C@@]2([CH2]3)[C@H]1O5. The molecule has 5 rings (SSSR count). The lowest BCUT2D eigenvalue weighted by Gasteiger charge is -2.65. The van der Waals surface area contributed by atoms with Gasteiger partial charge in [-0.25, -0.2) is 0 Å². The van der Waals surface area contributed by atoms with Gasteiger partial charge < -0.3 is 14.9 Å². The van der Waals surface area contributed by atoms with Crippen molar-refractivity contribution in [3.8, 4) is 11.5 Å². The van der Waals surface area contributed by atoms with Crippen LogP contribution in [0.4, 0.5) is 0 Å². The van der Waals surface area contributed by atoms with E-state index in [0.29, 0.717) is 18.6 Å². The number of phenols is 1. The van der Waals surface area contributed by atoms with Gasteiger partial charge in [0.15, 0.2) is 23.4 Å². The van der Waals surface area contributed by atoms with E-state index in [4.69, 9.17) is 4.74 Å². The molecule has 0 radical (unpaired) electrons. The molecule has 4 nitrogen and oxygen atoms in total. The van der Waals surface area contributed by atoms with E-state index in [-0.39, 0.29) is 11.5 Å². The lowest BCUT2D eigenvalue weighted by Crippen LogP contribution is -2.81. The van der Waals surface area contributed by atoms with E-state index >= 15 is 0 Å². The first-order valence-electron chi connectivity index (χ1n) is 8.85. The highest BCUT2D eigenvalue weighted by molar-refractivity contribution is 6.67. The molecule has 1 aromatic rings. The van der Waals surface area contributed by atoms with Gasteiger partial charge in [0, 0.05) is 21.9 Å². The maximum Gasteiger partial charge on any atom is 0.318 e. The zero-order chi connectivity index (χ0) is 17.0. The van der Waals surface area contributed by atoms with Gasteiger partial charge in [0.1, 0.15) is 0 Å². The number of carbonyl (C=O) groups is 1. The summed E-state index contributed by atoms with van der Waals surface area (Å²) in [5, 5.41) is 23.0. The Morgan fingerprint density at radius 3 is 2.65 bits per heavy atom. The molecule has 3 aliphatic heterocycles. The second kappa shape index (κ2) is 5.51. The predicted molar refractivity (Wildman–Crippen MR) is 90.4 cm³/mol. The Bertz CT molecular complexity index is 659. The van der Waals surface area contributed by atoms with E-state index in [1.165, 1.54) is 5.56 Å². The predicted octanol–water partition coefficient (Wildman–Crippen LogP) is 2.68. The molecule has 2 N–H and O–H groups in total. The number of hydrogen-bond donors (Lipinski definition) is 2. The van der Waals surface area contributed by atoms with Gasteiger partial charge in [-0.05, 0) is 12.5 Å².